The van der Waals surface area contributed by atoms with E-state index in [2.05, 4.69) is 41.1 Å². The molecular weight excluding hydrogens is 202 g/mol. The molecule has 0 fully saturated rings. The molecule has 90 valence electrons. The van der Waals surface area contributed by atoms with E-state index in [-0.39, 0.29) is 0 Å². The Morgan fingerprint density at radius 2 is 2.19 bits per heavy atom. The van der Waals surface area contributed by atoms with E-state index in [1.165, 1.54) is 0 Å². The number of hydrogen-bond acceptors (Lipinski definition) is 5. The second-order valence-electron chi connectivity index (χ2n) is 3.89. The van der Waals surface area contributed by atoms with Crippen LogP contribution in [-0.2, 0) is 0 Å². The number of aryl methyl sites for hydroxylation is 1. The average molecular weight is 223 g/mol. The molecule has 0 aliphatic rings. The van der Waals surface area contributed by atoms with Crippen molar-refractivity contribution in [2.75, 3.05) is 16.9 Å². The molecular formula is C11H21N5. The molecule has 0 amide bonds. The second-order valence-corrected chi connectivity index (χ2v) is 3.89. The number of nitrogens with two attached hydrogens (primary N) is 1. The first-order valence-electron chi connectivity index (χ1n) is 5.70. The summed E-state index contributed by atoms with van der Waals surface area (Å²) in [6.45, 7) is 9.44. The third kappa shape index (κ3) is 2.61. The van der Waals surface area contributed by atoms with Crippen LogP contribution in [0.3, 0.4) is 0 Å². The van der Waals surface area contributed by atoms with Gasteiger partial charge >= 0.3 is 0 Å². The minimum absolute atomic E-state index is 0.461. The van der Waals surface area contributed by atoms with Gasteiger partial charge in [-0.3, -0.25) is 5.43 Å². The first-order valence-corrected chi connectivity index (χ1v) is 5.70. The van der Waals surface area contributed by atoms with E-state index < -0.39 is 0 Å². The van der Waals surface area contributed by atoms with E-state index in [0.717, 1.165) is 24.3 Å². The molecule has 0 aliphatic carbocycles. The van der Waals surface area contributed by atoms with Crippen LogP contribution in [0.2, 0.25) is 0 Å². The summed E-state index contributed by atoms with van der Waals surface area (Å²) in [4.78, 5) is 10.8. The van der Waals surface area contributed by atoms with Gasteiger partial charge in [0, 0.05) is 24.3 Å². The van der Waals surface area contributed by atoms with Crippen LogP contribution in [0.1, 0.15) is 32.8 Å². The first kappa shape index (κ1) is 12.7. The molecule has 1 aromatic rings. The lowest BCUT2D eigenvalue weighted by Crippen LogP contribution is -2.34. The van der Waals surface area contributed by atoms with Gasteiger partial charge < -0.3 is 4.90 Å². The fourth-order valence-corrected chi connectivity index (χ4v) is 1.68. The molecule has 0 radical (unpaired) electrons. The summed E-state index contributed by atoms with van der Waals surface area (Å²) in [5.41, 5.74) is 3.55. The number of nitrogen functional groups attached to an aromatic ring is 1. The number of nitrogens with one attached hydrogen (secondary N) is 1. The largest absolute Gasteiger partial charge is 0.354 e. The molecule has 0 aromatic carbocycles. The monoisotopic (exact) mass is 223 g/mol. The zero-order chi connectivity index (χ0) is 12.1. The minimum Gasteiger partial charge on any atom is -0.354 e. The third-order valence-electron chi connectivity index (χ3n) is 2.81. The highest BCUT2D eigenvalue weighted by Gasteiger charge is 2.15. The van der Waals surface area contributed by atoms with Crippen LogP contribution in [0.25, 0.3) is 0 Å². The molecule has 3 N–H and O–H groups in total. The van der Waals surface area contributed by atoms with Crippen molar-refractivity contribution in [2.24, 2.45) is 5.84 Å². The first-order chi connectivity index (χ1) is 7.63. The fourth-order valence-electron chi connectivity index (χ4n) is 1.68. The molecule has 0 aliphatic heterocycles. The Labute approximate surface area is 97.0 Å². The summed E-state index contributed by atoms with van der Waals surface area (Å²) in [6, 6.07) is 0.462. The summed E-state index contributed by atoms with van der Waals surface area (Å²) in [5.74, 6) is 6.74. The SMILES string of the molecule is CCC(C)N(CC)c1nc(NN)ncc1C. The summed E-state index contributed by atoms with van der Waals surface area (Å²) in [5, 5.41) is 0. The highest BCUT2D eigenvalue weighted by molar-refractivity contribution is 5.49. The second kappa shape index (κ2) is 5.65. The van der Waals surface area contributed by atoms with Crippen molar-refractivity contribution in [1.82, 2.24) is 9.97 Å². The Morgan fingerprint density at radius 1 is 1.50 bits per heavy atom. The number of aromatic nitrogens is 2. The van der Waals surface area contributed by atoms with Gasteiger partial charge in [-0.1, -0.05) is 6.92 Å². The van der Waals surface area contributed by atoms with E-state index in [4.69, 9.17) is 5.84 Å². The van der Waals surface area contributed by atoms with E-state index in [9.17, 15) is 0 Å². The lowest BCUT2D eigenvalue weighted by molar-refractivity contribution is 0.621. The van der Waals surface area contributed by atoms with Crippen molar-refractivity contribution in [3.63, 3.8) is 0 Å². The Balaban J connectivity index is 3.07. The lowest BCUT2D eigenvalue weighted by atomic mass is 10.2. The molecule has 16 heavy (non-hydrogen) atoms. The Morgan fingerprint density at radius 3 is 2.69 bits per heavy atom. The smallest absolute Gasteiger partial charge is 0.239 e. The zero-order valence-corrected chi connectivity index (χ0v) is 10.5. The quantitative estimate of drug-likeness (QED) is 0.587. The summed E-state index contributed by atoms with van der Waals surface area (Å²) in [6.07, 6.45) is 2.88. The van der Waals surface area contributed by atoms with E-state index in [0.29, 0.717) is 12.0 Å². The van der Waals surface area contributed by atoms with Gasteiger partial charge in [-0.15, -0.1) is 0 Å². The summed E-state index contributed by atoms with van der Waals surface area (Å²) >= 11 is 0. The van der Waals surface area contributed by atoms with Gasteiger partial charge in [0.15, 0.2) is 0 Å². The van der Waals surface area contributed by atoms with Crippen LogP contribution in [0.5, 0.6) is 0 Å². The van der Waals surface area contributed by atoms with Crippen molar-refractivity contribution >= 4 is 11.8 Å². The fraction of sp³-hybridized carbons (Fsp3) is 0.636. The minimum atomic E-state index is 0.461. The molecule has 0 bridgehead atoms. The maximum Gasteiger partial charge on any atom is 0.239 e. The average Bonchev–Trinajstić information content (AvgIpc) is 2.32. The van der Waals surface area contributed by atoms with Crippen molar-refractivity contribution in [3.05, 3.63) is 11.8 Å². The number of hydrogen-bond donors (Lipinski definition) is 2. The number of nitrogens with zero attached hydrogens (tertiary/aromatic N) is 3. The number of rotatable bonds is 5. The predicted octanol–water partition coefficient (Wildman–Crippen LogP) is 1.70. The van der Waals surface area contributed by atoms with Crippen molar-refractivity contribution in [2.45, 2.75) is 40.2 Å². The molecule has 5 nitrogen and oxygen atoms in total. The van der Waals surface area contributed by atoms with E-state index >= 15 is 0 Å². The predicted molar refractivity (Wildman–Crippen MR) is 67.4 cm³/mol. The van der Waals surface area contributed by atoms with Gasteiger partial charge in [-0.2, -0.15) is 4.98 Å². The van der Waals surface area contributed by atoms with Crippen molar-refractivity contribution in [1.29, 1.82) is 0 Å². The normalized spacial score (nSPS) is 12.3. The number of hydrazine groups is 1. The van der Waals surface area contributed by atoms with Crippen LogP contribution in [0, 0.1) is 6.92 Å². The molecule has 1 heterocycles. The Bertz CT molecular complexity index is 339. The maximum atomic E-state index is 5.33. The van der Waals surface area contributed by atoms with E-state index in [1.54, 1.807) is 6.20 Å². The topological polar surface area (TPSA) is 67.1 Å². The van der Waals surface area contributed by atoms with Crippen LogP contribution in [-0.4, -0.2) is 22.6 Å². The third-order valence-corrected chi connectivity index (χ3v) is 2.81. The highest BCUT2D eigenvalue weighted by Crippen LogP contribution is 2.20. The van der Waals surface area contributed by atoms with Gasteiger partial charge in [0.25, 0.3) is 0 Å². The standard InChI is InChI=1S/C11H21N5/c1-5-9(4)16(6-2)10-8(3)7-13-11(14-10)15-12/h7,9H,5-6,12H2,1-4H3,(H,13,14,15). The Kier molecular flexibility index (Phi) is 4.49. The highest BCUT2D eigenvalue weighted by atomic mass is 15.3. The zero-order valence-electron chi connectivity index (χ0n) is 10.5. The van der Waals surface area contributed by atoms with E-state index in [1.807, 2.05) is 6.92 Å². The van der Waals surface area contributed by atoms with Gasteiger partial charge in [-0.05, 0) is 27.2 Å². The molecule has 0 saturated heterocycles. The van der Waals surface area contributed by atoms with Crippen molar-refractivity contribution < 1.29 is 0 Å². The summed E-state index contributed by atoms with van der Waals surface area (Å²) < 4.78 is 0. The van der Waals surface area contributed by atoms with Crippen LogP contribution in [0.4, 0.5) is 11.8 Å². The van der Waals surface area contributed by atoms with Crippen LogP contribution >= 0.6 is 0 Å². The summed E-state index contributed by atoms with van der Waals surface area (Å²) in [7, 11) is 0. The molecule has 1 rings (SSSR count). The van der Waals surface area contributed by atoms with Crippen LogP contribution < -0.4 is 16.2 Å². The maximum absolute atomic E-state index is 5.33. The van der Waals surface area contributed by atoms with Gasteiger partial charge in [-0.25, -0.2) is 10.8 Å². The molecule has 1 aromatic heterocycles. The lowest BCUT2D eigenvalue weighted by Gasteiger charge is -2.29. The molecule has 5 heteroatoms. The Hall–Kier alpha value is -1.36. The molecule has 0 saturated carbocycles. The number of anilines is 2. The molecule has 1 atom stereocenters. The molecule has 1 unspecified atom stereocenters. The van der Waals surface area contributed by atoms with Gasteiger partial charge in [0.05, 0.1) is 0 Å². The molecule has 0 spiro atoms. The van der Waals surface area contributed by atoms with Gasteiger partial charge in [0.1, 0.15) is 5.82 Å². The van der Waals surface area contributed by atoms with Crippen LogP contribution in [0.15, 0.2) is 6.20 Å². The van der Waals surface area contributed by atoms with Gasteiger partial charge in [0.2, 0.25) is 5.95 Å². The van der Waals surface area contributed by atoms with Crippen molar-refractivity contribution in [3.8, 4) is 0 Å².